The minimum Gasteiger partial charge on any atom is -0.481 e. The maximum Gasteiger partial charge on any atom is 0.435 e. The topological polar surface area (TPSA) is 730 Å². The number of fused-ring (bicyclic) bond motifs is 2. The number of carboxylic acids is 1. The average molecular weight is 1980 g/mol. The monoisotopic (exact) mass is 1980 g/mol. The molecule has 47 heteroatoms. The number of aromatic nitrogens is 3. The number of amides is 17. The number of aliphatic hydroxyl groups excluding tert-OH is 2. The molecule has 0 bridgehead atoms. The number of anilines is 1. The van der Waals surface area contributed by atoms with Crippen LogP contribution < -0.4 is 114 Å². The van der Waals surface area contributed by atoms with Gasteiger partial charge in [-0.2, -0.15) is 9.78 Å². The van der Waals surface area contributed by atoms with Crippen LogP contribution in [0.25, 0.3) is 23.1 Å². The highest BCUT2D eigenvalue weighted by atomic mass is 32.2. The number of rotatable bonds is 44. The van der Waals surface area contributed by atoms with Gasteiger partial charge < -0.3 is 134 Å². The molecule has 29 N–H and O–H groups in total. The summed E-state index contributed by atoms with van der Waals surface area (Å²) in [7, 11) is 1.53. The Kier molecular flexibility index (Phi) is 44.0. The summed E-state index contributed by atoms with van der Waals surface area (Å²) in [4.78, 5) is 256. The van der Waals surface area contributed by atoms with Crippen LogP contribution in [0.4, 0.5) is 15.3 Å². The Hall–Kier alpha value is -14.4. The summed E-state index contributed by atoms with van der Waals surface area (Å²) < 4.78 is 6.92. The lowest BCUT2D eigenvalue weighted by atomic mass is 10.00. The third-order valence-electron chi connectivity index (χ3n) is 22.9. The second-order valence-corrected chi connectivity index (χ2v) is 35.9. The van der Waals surface area contributed by atoms with Crippen molar-refractivity contribution in [3.8, 4) is 0 Å². The zero-order chi connectivity index (χ0) is 103. The lowest BCUT2D eigenvalue weighted by Crippen LogP contribution is -2.61. The Balaban J connectivity index is 0.918. The number of nitrogens with one attached hydrogen (secondary N) is 16. The summed E-state index contributed by atoms with van der Waals surface area (Å²) in [5.41, 5.74) is 32.3. The third-order valence-corrected chi connectivity index (χ3v) is 24.0. The number of urea groups is 1. The lowest BCUT2D eigenvalue weighted by molar-refractivity contribution is -0.138. The SMILES string of the molecule is CNC(=O)c1ccccc1Sc1ccc2c(/C=C/c3ccccn3)nn(C(=O)OCc3ccc(NC(=O)[C@H](CCCNC(N)=O)NC(=O)[C@@H](NC(=O)[C@H](CCC(=O)O)NC(=O)CCC(=O)N[C@H](C(=O)N[C@@H](CCN)C(=O)NC4C5CNC(=O)[C@H]([C@@H](C)O)NC(=O)[C@H](CCN)NC(=O)[C@H](CCN)NC(=O)[C@H](CC(C)C)NC(=O)[C@@H](Cc6ccccc6)NC(=O)[C@H](CCN)NC(=O)C54)[C@@H](C)O)C(C)C)cc3)c2c1. The maximum atomic E-state index is 14.7. The Labute approximate surface area is 817 Å². The van der Waals surface area contributed by atoms with E-state index in [1.54, 1.807) is 123 Å². The number of pyridine rings is 1. The molecule has 4 aromatic carbocycles. The zero-order valence-electron chi connectivity index (χ0n) is 79.3. The van der Waals surface area contributed by atoms with Crippen molar-refractivity contribution in [2.75, 3.05) is 51.6 Å². The van der Waals surface area contributed by atoms with Gasteiger partial charge in [-0.05, 0) is 181 Å². The van der Waals surface area contributed by atoms with E-state index in [0.717, 1.165) is 11.6 Å². The van der Waals surface area contributed by atoms with Crippen molar-refractivity contribution in [1.29, 1.82) is 0 Å². The molecule has 2 aromatic heterocycles. The van der Waals surface area contributed by atoms with Crippen molar-refractivity contribution >= 4 is 147 Å². The van der Waals surface area contributed by atoms with Gasteiger partial charge in [0.15, 0.2) is 0 Å². The summed E-state index contributed by atoms with van der Waals surface area (Å²) in [5.74, 6) is -18.6. The number of nitrogens with zero attached hydrogens (tertiary/aromatic N) is 3. The van der Waals surface area contributed by atoms with E-state index in [1.807, 2.05) is 12.1 Å². The fourth-order valence-electron chi connectivity index (χ4n) is 15.3. The smallest absolute Gasteiger partial charge is 0.435 e. The molecule has 3 unspecified atom stereocenters. The van der Waals surface area contributed by atoms with Gasteiger partial charge in [-0.15, -0.1) is 0 Å². The van der Waals surface area contributed by atoms with Crippen LogP contribution in [-0.4, -0.2) is 268 Å². The Morgan fingerprint density at radius 1 is 0.567 bits per heavy atom. The van der Waals surface area contributed by atoms with E-state index >= 15 is 0 Å². The van der Waals surface area contributed by atoms with E-state index in [1.165, 1.54) is 51.7 Å². The molecule has 762 valence electrons. The number of hydrogen-bond donors (Lipinski definition) is 24. The minimum absolute atomic E-state index is 0.00839. The van der Waals surface area contributed by atoms with Gasteiger partial charge in [-0.1, -0.05) is 100 Å². The second kappa shape index (κ2) is 55.4. The van der Waals surface area contributed by atoms with Crippen LogP contribution in [0.1, 0.15) is 145 Å². The second-order valence-electron chi connectivity index (χ2n) is 34.7. The molecule has 1 saturated heterocycles. The number of carbonyl (C=O) groups is 18. The number of nitrogens with two attached hydrogens (primary N) is 5. The first kappa shape index (κ1) is 112. The highest BCUT2D eigenvalue weighted by Crippen LogP contribution is 2.40. The molecule has 1 aliphatic carbocycles. The molecular weight excluding hydrogens is 1850 g/mol. The molecule has 17 amide bonds. The normalized spacial score (nSPS) is 19.7. The Bertz CT molecular complexity index is 5420. The Morgan fingerprint density at radius 3 is 1.73 bits per heavy atom. The van der Waals surface area contributed by atoms with Gasteiger partial charge in [-0.3, -0.25) is 81.7 Å². The minimum atomic E-state index is -1.88. The first-order valence-electron chi connectivity index (χ1n) is 46.3. The van der Waals surface area contributed by atoms with Crippen molar-refractivity contribution in [1.82, 2.24) is 94.5 Å². The van der Waals surface area contributed by atoms with E-state index < -0.39 is 235 Å². The van der Waals surface area contributed by atoms with E-state index in [2.05, 4.69) is 95.2 Å². The standard InChI is InChI=1S/C94H128N24O22S/c1-49(2)44-68-87(132)107-64(34-38-95)82(127)106-66(36-40-97)85(130)115-77(51(5)119)90(135)103-47-60-75(89(134)108-65(35-39-96)83(128)112-69(88(133)111-68)45-53-16-9-8-10-17-53)79(60)116-86(131)67(37-41-98)110-92(137)78(52(6)120)113-73(122)32-31-72(121)105-63(30-33-74(123)124)84(129)114-76(50(3)4)91(136)109-62(20-15-43-102-93(99)138)81(126)104-56-24-22-54(23-25-56)48-140-94(139)118-70-46-57(141-71-21-12-11-19-59(71)80(125)100-7)27-28-58(70)61(117-118)29-26-55-18-13-14-42-101-55/h8-14,16-19,21-29,42,46,49-52,60,62-69,75-79,119-120H,15,20,30-41,43-45,47-48,95-98H2,1-7H3,(H,100,125)(H,103,135)(H,104,126)(H,105,121)(H,106,127)(H,107,132)(H,108,134)(H,109,136)(H,110,137)(H,111,133)(H,112,128)(H,113,122)(H,114,129)(H,115,130)(H,116,131)(H,123,124)(H3,99,102,138)/b29-26+/t51-,52-,60?,62+,63+,64+,65+,66+,67+,68+,69-,75?,76+,77+,78+,79?/m1/s1. The predicted molar refractivity (Wildman–Crippen MR) is 516 cm³/mol. The molecular formula is C94H128N24O22S. The first-order valence-corrected chi connectivity index (χ1v) is 47.1. The molecule has 1 saturated carbocycles. The number of hydrogen-bond acceptors (Lipinski definition) is 28. The largest absolute Gasteiger partial charge is 0.481 e. The molecule has 46 nitrogen and oxygen atoms in total. The summed E-state index contributed by atoms with van der Waals surface area (Å²) in [6.45, 7) is 7.19. The molecule has 2 aliphatic rings. The third kappa shape index (κ3) is 34.6. The van der Waals surface area contributed by atoms with Crippen LogP contribution in [-0.2, 0) is 89.7 Å². The predicted octanol–water partition coefficient (Wildman–Crippen LogP) is -2.38. The van der Waals surface area contributed by atoms with Gasteiger partial charge in [-0.25, -0.2) is 9.59 Å². The molecule has 0 radical (unpaired) electrons. The van der Waals surface area contributed by atoms with Gasteiger partial charge in [0.25, 0.3) is 5.91 Å². The van der Waals surface area contributed by atoms with Crippen LogP contribution in [0.3, 0.4) is 0 Å². The van der Waals surface area contributed by atoms with Gasteiger partial charge in [0, 0.05) is 84.8 Å². The van der Waals surface area contributed by atoms with Crippen LogP contribution >= 0.6 is 11.8 Å². The van der Waals surface area contributed by atoms with Crippen molar-refractivity contribution < 1.29 is 106 Å². The van der Waals surface area contributed by atoms with Crippen LogP contribution in [0, 0.1) is 23.7 Å². The quantitative estimate of drug-likeness (QED) is 0.0178. The molecule has 16 atom stereocenters. The summed E-state index contributed by atoms with van der Waals surface area (Å²) in [6.07, 6.45) is -3.11. The van der Waals surface area contributed by atoms with E-state index in [9.17, 15) is 102 Å². The molecule has 6 aromatic rings. The van der Waals surface area contributed by atoms with E-state index in [0.29, 0.717) is 48.8 Å². The van der Waals surface area contributed by atoms with E-state index in [4.69, 9.17) is 33.4 Å². The van der Waals surface area contributed by atoms with E-state index in [-0.39, 0.29) is 108 Å². The first-order chi connectivity index (χ1) is 67.2. The average Bonchev–Trinajstić information content (AvgIpc) is 1.60. The molecule has 141 heavy (non-hydrogen) atoms. The number of carbonyl (C=O) groups excluding carboxylic acids is 17. The van der Waals surface area contributed by atoms with Crippen LogP contribution in [0.15, 0.2) is 131 Å². The maximum absolute atomic E-state index is 14.7. The van der Waals surface area contributed by atoms with Crippen molar-refractivity contribution in [2.24, 2.45) is 52.3 Å². The van der Waals surface area contributed by atoms with Crippen LogP contribution in [0.2, 0.25) is 0 Å². The lowest BCUT2D eigenvalue weighted by Gasteiger charge is -2.28. The molecule has 2 fully saturated rings. The summed E-state index contributed by atoms with van der Waals surface area (Å²) in [6, 6.07) is 13.3. The number of benzene rings is 4. The van der Waals surface area contributed by atoms with Crippen molar-refractivity contribution in [3.05, 3.63) is 150 Å². The van der Waals surface area contributed by atoms with Gasteiger partial charge in [0.1, 0.15) is 73.1 Å². The molecule has 3 heterocycles. The number of primary amides is 1. The van der Waals surface area contributed by atoms with Gasteiger partial charge in [0.05, 0.1) is 40.6 Å². The molecule has 1 aliphatic heterocycles. The Morgan fingerprint density at radius 2 is 1.14 bits per heavy atom. The van der Waals surface area contributed by atoms with Gasteiger partial charge in [0.2, 0.25) is 82.7 Å². The number of carboxylic acid groups (broad SMARTS) is 1. The van der Waals surface area contributed by atoms with Gasteiger partial charge >= 0.3 is 18.1 Å². The van der Waals surface area contributed by atoms with Crippen molar-refractivity contribution in [2.45, 2.75) is 220 Å². The summed E-state index contributed by atoms with van der Waals surface area (Å²) in [5, 5.41) is 77.9. The number of ether oxygens (including phenoxy) is 1. The van der Waals surface area contributed by atoms with Crippen LogP contribution in [0.5, 0.6) is 0 Å². The zero-order valence-corrected chi connectivity index (χ0v) is 80.1. The van der Waals surface area contributed by atoms with Crippen molar-refractivity contribution in [3.63, 3.8) is 0 Å². The fourth-order valence-corrected chi connectivity index (χ4v) is 16.3. The highest BCUT2D eigenvalue weighted by Gasteiger charge is 2.57. The number of aliphatic hydroxyl groups is 2. The molecule has 0 spiro atoms. The fraction of sp³-hybridized carbons (Fsp3) is 0.468. The summed E-state index contributed by atoms with van der Waals surface area (Å²) >= 11 is 1.31. The molecule has 8 rings (SSSR count). The highest BCUT2D eigenvalue weighted by molar-refractivity contribution is 7.99. The number of aliphatic carboxylic acids is 1.